The molecule has 66 valence electrons. The second-order valence-corrected chi connectivity index (χ2v) is 2.97. The Hall–Kier alpha value is -1.06. The van der Waals surface area contributed by atoms with E-state index in [4.69, 9.17) is 11.5 Å². The molecule has 1 aromatic carbocycles. The molecular formula is C9H14N2O. The predicted molar refractivity (Wildman–Crippen MR) is 49.5 cm³/mol. The van der Waals surface area contributed by atoms with Gasteiger partial charge in [-0.25, -0.2) is 0 Å². The topological polar surface area (TPSA) is 72.3 Å². The van der Waals surface area contributed by atoms with E-state index in [1.165, 1.54) is 0 Å². The average Bonchev–Trinajstić information content (AvgIpc) is 2.04. The fourth-order valence-electron chi connectivity index (χ4n) is 0.997. The van der Waals surface area contributed by atoms with Crippen molar-refractivity contribution in [1.82, 2.24) is 0 Å². The first kappa shape index (κ1) is 9.03. The number of anilines is 1. The Balaban J connectivity index is 2.82. The third kappa shape index (κ3) is 1.96. The summed E-state index contributed by atoms with van der Waals surface area (Å²) in [5.74, 6) is 0. The lowest BCUT2D eigenvalue weighted by Crippen LogP contribution is -2.24. The summed E-state index contributed by atoms with van der Waals surface area (Å²) in [6.45, 7) is 1.76. The zero-order valence-electron chi connectivity index (χ0n) is 7.07. The molecule has 2 atom stereocenters. The predicted octanol–water partition coefficient (Wildman–Crippen LogP) is 0.649. The van der Waals surface area contributed by atoms with Gasteiger partial charge < -0.3 is 16.6 Å². The van der Waals surface area contributed by atoms with Crippen LogP contribution in [0.5, 0.6) is 0 Å². The molecule has 0 fully saturated rings. The van der Waals surface area contributed by atoms with Gasteiger partial charge in [0.15, 0.2) is 0 Å². The minimum Gasteiger partial charge on any atom is -0.399 e. The van der Waals surface area contributed by atoms with Crippen LogP contribution >= 0.6 is 0 Å². The van der Waals surface area contributed by atoms with Crippen molar-refractivity contribution in [3.8, 4) is 0 Å². The second kappa shape index (κ2) is 3.56. The maximum Gasteiger partial charge on any atom is 0.0938 e. The first-order valence-corrected chi connectivity index (χ1v) is 3.90. The van der Waals surface area contributed by atoms with E-state index in [1.807, 2.05) is 0 Å². The van der Waals surface area contributed by atoms with E-state index in [9.17, 15) is 5.11 Å². The molecule has 0 bridgehead atoms. The second-order valence-electron chi connectivity index (χ2n) is 2.97. The highest BCUT2D eigenvalue weighted by Gasteiger charge is 2.10. The minimum atomic E-state index is -0.606. The van der Waals surface area contributed by atoms with E-state index >= 15 is 0 Å². The molecule has 0 aromatic heterocycles. The Labute approximate surface area is 72.0 Å². The molecule has 0 unspecified atom stereocenters. The third-order valence-corrected chi connectivity index (χ3v) is 1.78. The van der Waals surface area contributed by atoms with Crippen LogP contribution in [0, 0.1) is 0 Å². The molecule has 0 saturated carbocycles. The fraction of sp³-hybridized carbons (Fsp3) is 0.333. The third-order valence-electron chi connectivity index (χ3n) is 1.78. The van der Waals surface area contributed by atoms with Gasteiger partial charge in [0.1, 0.15) is 0 Å². The van der Waals surface area contributed by atoms with Gasteiger partial charge in [-0.1, -0.05) is 12.1 Å². The van der Waals surface area contributed by atoms with Crippen LogP contribution in [0.15, 0.2) is 24.3 Å². The van der Waals surface area contributed by atoms with Crippen molar-refractivity contribution in [3.05, 3.63) is 29.8 Å². The van der Waals surface area contributed by atoms with E-state index in [0.717, 1.165) is 5.56 Å². The lowest BCUT2D eigenvalue weighted by molar-refractivity contribution is 0.153. The van der Waals surface area contributed by atoms with Gasteiger partial charge in [0, 0.05) is 11.7 Å². The van der Waals surface area contributed by atoms with Crippen molar-refractivity contribution in [2.45, 2.75) is 19.1 Å². The van der Waals surface area contributed by atoms with E-state index in [-0.39, 0.29) is 6.04 Å². The zero-order valence-corrected chi connectivity index (χ0v) is 7.07. The van der Waals surface area contributed by atoms with Crippen molar-refractivity contribution in [1.29, 1.82) is 0 Å². The van der Waals surface area contributed by atoms with Crippen LogP contribution in [-0.4, -0.2) is 11.1 Å². The Morgan fingerprint density at radius 1 is 1.25 bits per heavy atom. The van der Waals surface area contributed by atoms with Crippen molar-refractivity contribution >= 4 is 5.69 Å². The zero-order chi connectivity index (χ0) is 9.14. The van der Waals surface area contributed by atoms with Crippen LogP contribution in [-0.2, 0) is 0 Å². The molecule has 3 nitrogen and oxygen atoms in total. The van der Waals surface area contributed by atoms with Crippen LogP contribution in [0.25, 0.3) is 0 Å². The quantitative estimate of drug-likeness (QED) is 0.565. The van der Waals surface area contributed by atoms with Crippen LogP contribution in [0.1, 0.15) is 18.6 Å². The molecule has 0 heterocycles. The van der Waals surface area contributed by atoms with Gasteiger partial charge in [-0.15, -0.1) is 0 Å². The molecule has 1 rings (SSSR count). The van der Waals surface area contributed by atoms with Gasteiger partial charge in [-0.2, -0.15) is 0 Å². The van der Waals surface area contributed by atoms with Gasteiger partial charge in [0.25, 0.3) is 0 Å². The summed E-state index contributed by atoms with van der Waals surface area (Å²) < 4.78 is 0. The molecule has 0 aliphatic heterocycles. The normalized spacial score (nSPS) is 15.6. The molecular weight excluding hydrogens is 152 g/mol. The van der Waals surface area contributed by atoms with Gasteiger partial charge in [0.2, 0.25) is 0 Å². The van der Waals surface area contributed by atoms with E-state index in [1.54, 1.807) is 31.2 Å². The van der Waals surface area contributed by atoms with E-state index in [0.29, 0.717) is 5.69 Å². The largest absolute Gasteiger partial charge is 0.399 e. The number of hydrogen-bond acceptors (Lipinski definition) is 3. The van der Waals surface area contributed by atoms with Crippen LogP contribution in [0.3, 0.4) is 0 Å². The first-order valence-electron chi connectivity index (χ1n) is 3.90. The molecule has 12 heavy (non-hydrogen) atoms. The number of aliphatic hydroxyl groups excluding tert-OH is 1. The molecule has 0 saturated heterocycles. The Morgan fingerprint density at radius 2 is 1.75 bits per heavy atom. The molecule has 0 radical (unpaired) electrons. The molecule has 0 aliphatic carbocycles. The average molecular weight is 166 g/mol. The van der Waals surface area contributed by atoms with Crippen LogP contribution < -0.4 is 11.5 Å². The lowest BCUT2D eigenvalue weighted by atomic mass is 10.0. The summed E-state index contributed by atoms with van der Waals surface area (Å²) in [7, 11) is 0. The Kier molecular flexibility index (Phi) is 2.68. The van der Waals surface area contributed by atoms with E-state index in [2.05, 4.69) is 0 Å². The maximum absolute atomic E-state index is 9.52. The number of rotatable bonds is 2. The number of nitrogen functional groups attached to an aromatic ring is 1. The summed E-state index contributed by atoms with van der Waals surface area (Å²) in [6.07, 6.45) is -0.606. The molecule has 0 aliphatic rings. The first-order chi connectivity index (χ1) is 5.61. The van der Waals surface area contributed by atoms with Gasteiger partial charge in [-0.05, 0) is 24.6 Å². The standard InChI is InChI=1S/C9H14N2O/c1-6(10)9(12)7-2-4-8(11)5-3-7/h2-6,9,12H,10-11H2,1H3/t6-,9+/m0/s1. The highest BCUT2D eigenvalue weighted by molar-refractivity contribution is 5.40. The molecule has 3 heteroatoms. The highest BCUT2D eigenvalue weighted by Crippen LogP contribution is 2.16. The maximum atomic E-state index is 9.52. The molecule has 1 aromatic rings. The number of hydrogen-bond donors (Lipinski definition) is 3. The van der Waals surface area contributed by atoms with Gasteiger partial charge in [-0.3, -0.25) is 0 Å². The Morgan fingerprint density at radius 3 is 2.17 bits per heavy atom. The fourth-order valence-corrected chi connectivity index (χ4v) is 0.997. The van der Waals surface area contributed by atoms with Crippen molar-refractivity contribution < 1.29 is 5.11 Å². The number of benzene rings is 1. The minimum absolute atomic E-state index is 0.256. The van der Waals surface area contributed by atoms with Gasteiger partial charge >= 0.3 is 0 Å². The summed E-state index contributed by atoms with van der Waals surface area (Å²) in [5.41, 5.74) is 12.5. The highest BCUT2D eigenvalue weighted by atomic mass is 16.3. The van der Waals surface area contributed by atoms with Crippen LogP contribution in [0.2, 0.25) is 0 Å². The number of nitrogens with two attached hydrogens (primary N) is 2. The number of aliphatic hydroxyl groups is 1. The van der Waals surface area contributed by atoms with Crippen LogP contribution in [0.4, 0.5) is 5.69 Å². The monoisotopic (exact) mass is 166 g/mol. The lowest BCUT2D eigenvalue weighted by Gasteiger charge is -2.14. The summed E-state index contributed by atoms with van der Waals surface area (Å²) in [5, 5.41) is 9.52. The van der Waals surface area contributed by atoms with Gasteiger partial charge in [0.05, 0.1) is 6.10 Å². The summed E-state index contributed by atoms with van der Waals surface area (Å²) in [4.78, 5) is 0. The summed E-state index contributed by atoms with van der Waals surface area (Å²) in [6, 6.07) is 6.81. The smallest absolute Gasteiger partial charge is 0.0938 e. The summed E-state index contributed by atoms with van der Waals surface area (Å²) >= 11 is 0. The van der Waals surface area contributed by atoms with Crippen molar-refractivity contribution in [2.24, 2.45) is 5.73 Å². The molecule has 0 spiro atoms. The van der Waals surface area contributed by atoms with Crippen molar-refractivity contribution in [3.63, 3.8) is 0 Å². The Bertz CT molecular complexity index is 243. The van der Waals surface area contributed by atoms with E-state index < -0.39 is 6.10 Å². The molecule has 0 amide bonds. The van der Waals surface area contributed by atoms with Crippen molar-refractivity contribution in [2.75, 3.05) is 5.73 Å². The molecule has 5 N–H and O–H groups in total. The SMILES string of the molecule is C[C@H](N)[C@@H](O)c1ccc(N)cc1.